The van der Waals surface area contributed by atoms with E-state index >= 15 is 0 Å². The Morgan fingerprint density at radius 1 is 1.50 bits per heavy atom. The van der Waals surface area contributed by atoms with E-state index in [0.717, 1.165) is 17.7 Å². The van der Waals surface area contributed by atoms with Crippen LogP contribution in [-0.4, -0.2) is 23.3 Å². The molecule has 1 unspecified atom stereocenters. The fraction of sp³-hybridized carbons (Fsp3) is 0.400. The molecule has 1 atom stereocenters. The molecular weight excluding hydrogens is 179 g/mol. The highest BCUT2D eigenvalue weighted by atomic mass is 16.5. The third-order valence-electron chi connectivity index (χ3n) is 2.43. The highest BCUT2D eigenvalue weighted by molar-refractivity contribution is 6.41. The van der Waals surface area contributed by atoms with Gasteiger partial charge in [-0.3, -0.25) is 0 Å². The molecule has 0 radical (unpaired) electrons. The van der Waals surface area contributed by atoms with Crippen molar-refractivity contribution in [2.75, 3.05) is 0 Å². The van der Waals surface area contributed by atoms with Gasteiger partial charge in [-0.1, -0.05) is 17.7 Å². The SMILES string of the molecule is Cc1ccc2c(c1)CC(CB(O)O)O2. The maximum absolute atomic E-state index is 8.82. The first-order valence-corrected chi connectivity index (χ1v) is 4.77. The standard InChI is InChI=1S/C10H13BO3/c1-7-2-3-10-8(4-7)5-9(14-10)6-11(12)13/h2-4,9,12-13H,5-6H2,1H3. The molecule has 0 aromatic heterocycles. The first-order chi connectivity index (χ1) is 6.65. The topological polar surface area (TPSA) is 49.7 Å². The van der Waals surface area contributed by atoms with Gasteiger partial charge in [-0.05, 0) is 18.6 Å². The minimum atomic E-state index is -1.28. The zero-order valence-corrected chi connectivity index (χ0v) is 8.10. The van der Waals surface area contributed by atoms with Crippen LogP contribution < -0.4 is 4.74 Å². The van der Waals surface area contributed by atoms with Crippen molar-refractivity contribution in [2.24, 2.45) is 0 Å². The van der Waals surface area contributed by atoms with E-state index in [1.807, 2.05) is 19.1 Å². The van der Waals surface area contributed by atoms with Crippen molar-refractivity contribution in [3.8, 4) is 5.75 Å². The molecule has 1 aliphatic rings. The maximum Gasteiger partial charge on any atom is 0.455 e. The summed E-state index contributed by atoms with van der Waals surface area (Å²) in [6.45, 7) is 2.04. The Kier molecular flexibility index (Phi) is 2.48. The van der Waals surface area contributed by atoms with Crippen LogP contribution in [0.25, 0.3) is 0 Å². The van der Waals surface area contributed by atoms with Gasteiger partial charge in [-0.15, -0.1) is 0 Å². The van der Waals surface area contributed by atoms with Gasteiger partial charge in [-0.2, -0.15) is 0 Å². The zero-order chi connectivity index (χ0) is 10.1. The molecule has 74 valence electrons. The summed E-state index contributed by atoms with van der Waals surface area (Å²) in [5.74, 6) is 0.876. The Balaban J connectivity index is 2.10. The molecular formula is C10H13BO3. The van der Waals surface area contributed by atoms with Crippen LogP contribution in [0.4, 0.5) is 0 Å². The summed E-state index contributed by atoms with van der Waals surface area (Å²) in [5, 5.41) is 17.6. The van der Waals surface area contributed by atoms with Gasteiger partial charge in [0.1, 0.15) is 11.9 Å². The third-order valence-corrected chi connectivity index (χ3v) is 2.43. The summed E-state index contributed by atoms with van der Waals surface area (Å²) in [4.78, 5) is 0. The van der Waals surface area contributed by atoms with Crippen molar-refractivity contribution in [1.82, 2.24) is 0 Å². The van der Waals surface area contributed by atoms with Gasteiger partial charge < -0.3 is 14.8 Å². The highest BCUT2D eigenvalue weighted by Gasteiger charge is 2.26. The second-order valence-electron chi connectivity index (χ2n) is 3.77. The van der Waals surface area contributed by atoms with Gasteiger partial charge in [0, 0.05) is 12.7 Å². The van der Waals surface area contributed by atoms with Gasteiger partial charge in [0.25, 0.3) is 0 Å². The molecule has 0 saturated carbocycles. The summed E-state index contributed by atoms with van der Waals surface area (Å²) in [6.07, 6.45) is 0.953. The molecule has 4 heteroatoms. The van der Waals surface area contributed by atoms with Crippen molar-refractivity contribution in [2.45, 2.75) is 25.8 Å². The highest BCUT2D eigenvalue weighted by Crippen LogP contribution is 2.30. The monoisotopic (exact) mass is 192 g/mol. The average Bonchev–Trinajstić information content (AvgIpc) is 2.44. The minimum Gasteiger partial charge on any atom is -0.490 e. The minimum absolute atomic E-state index is 0.0909. The number of rotatable bonds is 2. The molecule has 2 N–H and O–H groups in total. The van der Waals surface area contributed by atoms with E-state index in [4.69, 9.17) is 14.8 Å². The third kappa shape index (κ3) is 1.91. The molecule has 0 spiro atoms. The molecule has 3 nitrogen and oxygen atoms in total. The van der Waals surface area contributed by atoms with E-state index in [2.05, 4.69) is 6.07 Å². The fourth-order valence-electron chi connectivity index (χ4n) is 1.82. The number of ether oxygens (including phenoxy) is 1. The normalized spacial score (nSPS) is 18.9. The molecule has 0 fully saturated rings. The van der Waals surface area contributed by atoms with Gasteiger partial charge in [0.15, 0.2) is 0 Å². The number of benzene rings is 1. The molecule has 1 heterocycles. The van der Waals surface area contributed by atoms with Crippen LogP contribution >= 0.6 is 0 Å². The predicted molar refractivity (Wildman–Crippen MR) is 54.3 cm³/mol. The Morgan fingerprint density at radius 2 is 2.29 bits per heavy atom. The second kappa shape index (κ2) is 3.63. The van der Waals surface area contributed by atoms with Gasteiger partial charge >= 0.3 is 7.12 Å². The van der Waals surface area contributed by atoms with Crippen molar-refractivity contribution >= 4 is 7.12 Å². The Labute approximate surface area is 83.5 Å². The van der Waals surface area contributed by atoms with Crippen LogP contribution in [0.15, 0.2) is 18.2 Å². The molecule has 0 bridgehead atoms. The maximum atomic E-state index is 8.82. The number of hydrogen-bond acceptors (Lipinski definition) is 3. The van der Waals surface area contributed by atoms with Crippen LogP contribution in [0.2, 0.25) is 6.32 Å². The molecule has 1 aromatic rings. The molecule has 0 saturated heterocycles. The second-order valence-corrected chi connectivity index (χ2v) is 3.77. The van der Waals surface area contributed by atoms with Crippen LogP contribution in [0.3, 0.4) is 0 Å². The van der Waals surface area contributed by atoms with Crippen molar-refractivity contribution < 1.29 is 14.8 Å². The number of aryl methyl sites for hydroxylation is 1. The van der Waals surface area contributed by atoms with Crippen LogP contribution in [0.5, 0.6) is 5.75 Å². The first kappa shape index (κ1) is 9.56. The summed E-state index contributed by atoms with van der Waals surface area (Å²) in [5.41, 5.74) is 2.37. The molecule has 1 aromatic carbocycles. The van der Waals surface area contributed by atoms with Crippen molar-refractivity contribution in [3.63, 3.8) is 0 Å². The lowest BCUT2D eigenvalue weighted by atomic mass is 9.82. The molecule has 1 aliphatic heterocycles. The van der Waals surface area contributed by atoms with Crippen molar-refractivity contribution in [3.05, 3.63) is 29.3 Å². The first-order valence-electron chi connectivity index (χ1n) is 4.77. The summed E-state index contributed by atoms with van der Waals surface area (Å²) >= 11 is 0. The number of hydrogen-bond donors (Lipinski definition) is 2. The summed E-state index contributed by atoms with van der Waals surface area (Å²) in [7, 11) is -1.28. The van der Waals surface area contributed by atoms with Gasteiger partial charge in [-0.25, -0.2) is 0 Å². The van der Waals surface area contributed by atoms with Gasteiger partial charge in [0.2, 0.25) is 0 Å². The summed E-state index contributed by atoms with van der Waals surface area (Å²) < 4.78 is 5.55. The van der Waals surface area contributed by atoms with E-state index in [-0.39, 0.29) is 12.4 Å². The zero-order valence-electron chi connectivity index (χ0n) is 8.10. The molecule has 14 heavy (non-hydrogen) atoms. The lowest BCUT2D eigenvalue weighted by molar-refractivity contribution is 0.239. The Morgan fingerprint density at radius 3 is 3.00 bits per heavy atom. The van der Waals surface area contributed by atoms with E-state index in [1.54, 1.807) is 0 Å². The van der Waals surface area contributed by atoms with Crippen LogP contribution in [0, 0.1) is 6.92 Å². The largest absolute Gasteiger partial charge is 0.490 e. The van der Waals surface area contributed by atoms with E-state index in [9.17, 15) is 0 Å². The predicted octanol–water partition coefficient (Wildman–Crippen LogP) is 0.771. The lowest BCUT2D eigenvalue weighted by Crippen LogP contribution is -2.23. The van der Waals surface area contributed by atoms with E-state index < -0.39 is 7.12 Å². The summed E-state index contributed by atoms with van der Waals surface area (Å²) in [6, 6.07) is 6.02. The van der Waals surface area contributed by atoms with Crippen molar-refractivity contribution in [1.29, 1.82) is 0 Å². The van der Waals surface area contributed by atoms with Gasteiger partial charge in [0.05, 0.1) is 0 Å². The Bertz CT molecular complexity index is 338. The molecule has 0 amide bonds. The molecule has 0 aliphatic carbocycles. The van der Waals surface area contributed by atoms with Crippen LogP contribution in [-0.2, 0) is 6.42 Å². The quantitative estimate of drug-likeness (QED) is 0.680. The van der Waals surface area contributed by atoms with E-state index in [1.165, 1.54) is 5.56 Å². The molecule has 2 rings (SSSR count). The number of fused-ring (bicyclic) bond motifs is 1. The smallest absolute Gasteiger partial charge is 0.455 e. The lowest BCUT2D eigenvalue weighted by Gasteiger charge is -2.08. The van der Waals surface area contributed by atoms with Crippen LogP contribution in [0.1, 0.15) is 11.1 Å². The average molecular weight is 192 g/mol. The Hall–Kier alpha value is -0.995. The fourth-order valence-corrected chi connectivity index (χ4v) is 1.82. The van der Waals surface area contributed by atoms with E-state index in [0.29, 0.717) is 0 Å².